The average molecular weight is 413 g/mol. The Morgan fingerprint density at radius 2 is 1.66 bits per heavy atom. The van der Waals surface area contributed by atoms with Crippen LogP contribution in [0.5, 0.6) is 0 Å². The van der Waals surface area contributed by atoms with E-state index in [1.807, 2.05) is 60.7 Å². The van der Waals surface area contributed by atoms with Crippen molar-refractivity contribution in [1.29, 1.82) is 0 Å². The first-order chi connectivity index (χ1) is 13.9. The van der Waals surface area contributed by atoms with E-state index in [9.17, 15) is 13.5 Å². The molecule has 0 radical (unpaired) electrons. The predicted molar refractivity (Wildman–Crippen MR) is 108 cm³/mol. The van der Waals surface area contributed by atoms with Gasteiger partial charge in [0.05, 0.1) is 36.1 Å². The molecule has 1 aliphatic rings. The van der Waals surface area contributed by atoms with E-state index in [0.717, 1.165) is 11.1 Å². The number of rotatable bonds is 6. The highest BCUT2D eigenvalue weighted by Crippen LogP contribution is 2.30. The van der Waals surface area contributed by atoms with Gasteiger partial charge in [-0.15, -0.1) is 0 Å². The number of nitrogens with zero attached hydrogens (tertiary/aromatic N) is 3. The van der Waals surface area contributed by atoms with Gasteiger partial charge >= 0.3 is 0 Å². The summed E-state index contributed by atoms with van der Waals surface area (Å²) in [5, 5.41) is 14.3. The Labute approximate surface area is 169 Å². The topological polar surface area (TPSA) is 96.5 Å². The van der Waals surface area contributed by atoms with Gasteiger partial charge in [-0.3, -0.25) is 4.90 Å². The summed E-state index contributed by atoms with van der Waals surface area (Å²) in [5.41, 5.74) is 2.11. The molecule has 1 fully saturated rings. The molecule has 8 heteroatoms. The lowest BCUT2D eigenvalue weighted by molar-refractivity contribution is 0.0891. The second-order valence-corrected chi connectivity index (χ2v) is 9.58. The Balaban J connectivity index is 1.58. The summed E-state index contributed by atoms with van der Waals surface area (Å²) >= 11 is 0. The fourth-order valence-electron chi connectivity index (χ4n) is 3.79. The Hall–Kier alpha value is -2.55. The summed E-state index contributed by atoms with van der Waals surface area (Å²) in [6.07, 6.45) is -0.909. The van der Waals surface area contributed by atoms with E-state index in [1.165, 1.54) is 0 Å². The third-order valence-corrected chi connectivity index (χ3v) is 6.95. The summed E-state index contributed by atoms with van der Waals surface area (Å²) in [7, 11) is -1.47. The Bertz CT molecular complexity index is 1010. The molecule has 0 bridgehead atoms. The van der Waals surface area contributed by atoms with Crippen molar-refractivity contribution in [3.63, 3.8) is 0 Å². The van der Waals surface area contributed by atoms with Crippen LogP contribution in [0.3, 0.4) is 0 Å². The van der Waals surface area contributed by atoms with Crippen LogP contribution < -0.4 is 0 Å². The van der Waals surface area contributed by atoms with Crippen LogP contribution in [-0.2, 0) is 16.4 Å². The molecular weight excluding hydrogens is 390 g/mol. The normalized spacial score (nSPS) is 21.1. The van der Waals surface area contributed by atoms with E-state index in [0.29, 0.717) is 11.7 Å². The van der Waals surface area contributed by atoms with Gasteiger partial charge in [0.15, 0.2) is 15.7 Å². The zero-order valence-electron chi connectivity index (χ0n) is 16.0. The molecule has 1 saturated heterocycles. The maximum atomic E-state index is 11.8. The Kier molecular flexibility index (Phi) is 5.49. The lowest BCUT2D eigenvalue weighted by Gasteiger charge is -2.23. The zero-order valence-corrected chi connectivity index (χ0v) is 16.9. The van der Waals surface area contributed by atoms with Crippen molar-refractivity contribution < 1.29 is 18.0 Å². The predicted octanol–water partition coefficient (Wildman–Crippen LogP) is 1.84. The van der Waals surface area contributed by atoms with Crippen LogP contribution in [0.15, 0.2) is 65.2 Å². The van der Waals surface area contributed by atoms with Crippen LogP contribution in [0.1, 0.15) is 28.8 Å². The summed E-state index contributed by atoms with van der Waals surface area (Å²) in [6, 6.07) is 19.5. The van der Waals surface area contributed by atoms with Gasteiger partial charge in [0.1, 0.15) is 0 Å². The number of likely N-dealkylation sites (N-methyl/N-ethyl adjacent to an activating group) is 1. The molecule has 3 aromatic rings. The number of hydrogen-bond acceptors (Lipinski definition) is 7. The third-order valence-electron chi connectivity index (χ3n) is 5.25. The summed E-state index contributed by atoms with van der Waals surface area (Å²) in [4.78, 5) is 6.34. The van der Waals surface area contributed by atoms with E-state index >= 15 is 0 Å². The molecule has 0 unspecified atom stereocenters. The van der Waals surface area contributed by atoms with Crippen LogP contribution in [0.25, 0.3) is 0 Å². The molecular formula is C21H23N3O4S. The molecule has 152 valence electrons. The van der Waals surface area contributed by atoms with Gasteiger partial charge in [-0.1, -0.05) is 65.8 Å². The molecule has 1 aromatic heterocycles. The number of benzene rings is 2. The van der Waals surface area contributed by atoms with Gasteiger partial charge in [0, 0.05) is 0 Å². The van der Waals surface area contributed by atoms with Gasteiger partial charge in [-0.05, 0) is 18.2 Å². The van der Waals surface area contributed by atoms with E-state index in [4.69, 9.17) is 4.52 Å². The van der Waals surface area contributed by atoms with Crippen molar-refractivity contribution in [2.45, 2.75) is 24.6 Å². The smallest absolute Gasteiger partial charge is 0.240 e. The first-order valence-electron chi connectivity index (χ1n) is 9.44. The number of aliphatic hydroxyl groups is 1. The molecule has 0 spiro atoms. The number of aliphatic hydroxyl groups excluding tert-OH is 1. The van der Waals surface area contributed by atoms with Crippen LogP contribution in [0.4, 0.5) is 0 Å². The maximum absolute atomic E-state index is 11.8. The van der Waals surface area contributed by atoms with Crippen molar-refractivity contribution in [2.75, 3.05) is 18.6 Å². The van der Waals surface area contributed by atoms with Gasteiger partial charge in [0.25, 0.3) is 0 Å². The highest BCUT2D eigenvalue weighted by Gasteiger charge is 2.39. The van der Waals surface area contributed by atoms with Gasteiger partial charge in [0.2, 0.25) is 5.89 Å². The summed E-state index contributed by atoms with van der Waals surface area (Å²) < 4.78 is 29.0. The molecule has 7 nitrogen and oxygen atoms in total. The first kappa shape index (κ1) is 19.8. The average Bonchev–Trinajstić information content (AvgIpc) is 3.26. The standard InChI is InChI=1S/C21H23N3O4S/c1-24(17-13-29(26,27)14-18(17)25)12-19-22-21(23-28-19)20(15-8-4-2-5-9-15)16-10-6-3-7-11-16/h2-11,17-18,20,25H,12-14H2,1H3/t17-,18-/m1/s1. The summed E-state index contributed by atoms with van der Waals surface area (Å²) in [5.74, 6) is 0.489. The Morgan fingerprint density at radius 3 is 2.17 bits per heavy atom. The highest BCUT2D eigenvalue weighted by atomic mass is 32.2. The van der Waals surface area contributed by atoms with Crippen LogP contribution in [0.2, 0.25) is 0 Å². The minimum Gasteiger partial charge on any atom is -0.390 e. The fraction of sp³-hybridized carbons (Fsp3) is 0.333. The second-order valence-electron chi connectivity index (χ2n) is 7.43. The lowest BCUT2D eigenvalue weighted by Crippen LogP contribution is -2.40. The molecule has 2 atom stereocenters. The first-order valence-corrected chi connectivity index (χ1v) is 11.3. The van der Waals surface area contributed by atoms with E-state index in [2.05, 4.69) is 10.1 Å². The SMILES string of the molecule is CN(Cc1nc(C(c2ccccc2)c2ccccc2)no1)[C@@H]1CS(=O)(=O)C[C@H]1O. The Morgan fingerprint density at radius 1 is 1.07 bits per heavy atom. The van der Waals surface area contributed by atoms with E-state index < -0.39 is 22.0 Å². The minimum atomic E-state index is -3.22. The number of hydrogen-bond donors (Lipinski definition) is 1. The van der Waals surface area contributed by atoms with Crippen LogP contribution >= 0.6 is 0 Å². The maximum Gasteiger partial charge on any atom is 0.240 e. The molecule has 0 amide bonds. The molecule has 29 heavy (non-hydrogen) atoms. The van der Waals surface area contributed by atoms with Gasteiger partial charge < -0.3 is 9.63 Å². The van der Waals surface area contributed by atoms with Crippen molar-refractivity contribution in [3.05, 3.63) is 83.5 Å². The highest BCUT2D eigenvalue weighted by molar-refractivity contribution is 7.91. The van der Waals surface area contributed by atoms with Crippen molar-refractivity contribution in [2.24, 2.45) is 0 Å². The van der Waals surface area contributed by atoms with E-state index in [1.54, 1.807) is 11.9 Å². The largest absolute Gasteiger partial charge is 0.390 e. The molecule has 2 heterocycles. The van der Waals surface area contributed by atoms with Crippen molar-refractivity contribution in [3.8, 4) is 0 Å². The molecule has 0 aliphatic carbocycles. The van der Waals surface area contributed by atoms with Crippen LogP contribution in [-0.4, -0.2) is 59.3 Å². The fourth-order valence-corrected chi connectivity index (χ4v) is 5.67. The molecule has 2 aromatic carbocycles. The summed E-state index contributed by atoms with van der Waals surface area (Å²) in [6.45, 7) is 0.264. The number of sulfone groups is 1. The van der Waals surface area contributed by atoms with Gasteiger partial charge in [-0.2, -0.15) is 4.98 Å². The third kappa shape index (κ3) is 4.39. The lowest BCUT2D eigenvalue weighted by atomic mass is 9.91. The van der Waals surface area contributed by atoms with Gasteiger partial charge in [-0.25, -0.2) is 8.42 Å². The zero-order chi connectivity index (χ0) is 20.4. The van der Waals surface area contributed by atoms with E-state index in [-0.39, 0.29) is 24.0 Å². The van der Waals surface area contributed by atoms with Crippen molar-refractivity contribution >= 4 is 9.84 Å². The second kappa shape index (κ2) is 8.06. The minimum absolute atomic E-state index is 0.0671. The molecule has 0 saturated carbocycles. The van der Waals surface area contributed by atoms with Crippen LogP contribution in [0, 0.1) is 0 Å². The van der Waals surface area contributed by atoms with Crippen molar-refractivity contribution in [1.82, 2.24) is 15.0 Å². The molecule has 1 aliphatic heterocycles. The number of aromatic nitrogens is 2. The molecule has 1 N–H and O–H groups in total. The quantitative estimate of drug-likeness (QED) is 0.659. The monoisotopic (exact) mass is 413 g/mol. The molecule has 4 rings (SSSR count).